The van der Waals surface area contributed by atoms with Crippen molar-refractivity contribution in [3.8, 4) is 5.88 Å². The monoisotopic (exact) mass is 284 g/mol. The molecule has 0 atom stereocenters. The van der Waals surface area contributed by atoms with E-state index < -0.39 is 0 Å². The molecule has 1 aliphatic rings. The van der Waals surface area contributed by atoms with E-state index in [1.807, 2.05) is 6.07 Å². The maximum absolute atomic E-state index is 6.12. The van der Waals surface area contributed by atoms with Crippen LogP contribution < -0.4 is 10.1 Å². The molecular formula is C14H21ClN2O2. The molecule has 0 saturated heterocycles. The highest BCUT2D eigenvalue weighted by atomic mass is 35.5. The molecule has 0 radical (unpaired) electrons. The second-order valence-corrected chi connectivity index (χ2v) is 5.10. The van der Waals surface area contributed by atoms with Crippen LogP contribution in [0.25, 0.3) is 0 Å². The molecule has 1 fully saturated rings. The Labute approximate surface area is 119 Å². The van der Waals surface area contributed by atoms with Gasteiger partial charge >= 0.3 is 0 Å². The molecule has 0 amide bonds. The molecule has 1 heterocycles. The van der Waals surface area contributed by atoms with E-state index in [0.717, 1.165) is 18.7 Å². The number of nitrogens with one attached hydrogen (secondary N) is 1. The van der Waals surface area contributed by atoms with E-state index >= 15 is 0 Å². The molecule has 106 valence electrons. The van der Waals surface area contributed by atoms with Crippen LogP contribution in [0.5, 0.6) is 5.88 Å². The van der Waals surface area contributed by atoms with Gasteiger partial charge in [-0.25, -0.2) is 4.98 Å². The van der Waals surface area contributed by atoms with Gasteiger partial charge in [-0.05, 0) is 25.3 Å². The molecular weight excluding hydrogens is 264 g/mol. The Morgan fingerprint density at radius 1 is 1.32 bits per heavy atom. The summed E-state index contributed by atoms with van der Waals surface area (Å²) in [6.07, 6.45) is 3.53. The van der Waals surface area contributed by atoms with E-state index in [2.05, 4.69) is 17.2 Å². The number of hydrogen-bond acceptors (Lipinski definition) is 4. The number of halogens is 1. The highest BCUT2D eigenvalue weighted by molar-refractivity contribution is 6.31. The fourth-order valence-electron chi connectivity index (χ4n) is 1.65. The Balaban J connectivity index is 1.77. The van der Waals surface area contributed by atoms with E-state index in [0.29, 0.717) is 36.7 Å². The predicted octanol–water partition coefficient (Wildman–Crippen LogP) is 2.79. The third kappa shape index (κ3) is 5.35. The predicted molar refractivity (Wildman–Crippen MR) is 75.7 cm³/mol. The van der Waals surface area contributed by atoms with Gasteiger partial charge in [-0.2, -0.15) is 0 Å². The van der Waals surface area contributed by atoms with Gasteiger partial charge in [-0.15, -0.1) is 0 Å². The van der Waals surface area contributed by atoms with Gasteiger partial charge < -0.3 is 14.8 Å². The van der Waals surface area contributed by atoms with Crippen molar-refractivity contribution < 1.29 is 9.47 Å². The van der Waals surface area contributed by atoms with Crippen LogP contribution in [0.4, 0.5) is 0 Å². The SMILES string of the molecule is CCCOCCOc1ccc(Cl)c(CNC2CC2)n1. The standard InChI is InChI=1S/C14H21ClN2O2/c1-2-7-18-8-9-19-14-6-5-12(15)13(17-14)10-16-11-3-4-11/h5-6,11,16H,2-4,7-10H2,1H3. The molecule has 0 bridgehead atoms. The zero-order valence-corrected chi connectivity index (χ0v) is 12.1. The van der Waals surface area contributed by atoms with Gasteiger partial charge in [0.25, 0.3) is 0 Å². The molecule has 5 heteroatoms. The lowest BCUT2D eigenvalue weighted by molar-refractivity contribution is 0.0989. The molecule has 0 spiro atoms. The van der Waals surface area contributed by atoms with Crippen molar-refractivity contribution in [2.45, 2.75) is 38.8 Å². The highest BCUT2D eigenvalue weighted by Crippen LogP contribution is 2.22. The summed E-state index contributed by atoms with van der Waals surface area (Å²) in [5.41, 5.74) is 0.848. The first-order valence-corrected chi connectivity index (χ1v) is 7.26. The minimum absolute atomic E-state index is 0.518. The fourth-order valence-corrected chi connectivity index (χ4v) is 1.82. The maximum Gasteiger partial charge on any atom is 0.213 e. The van der Waals surface area contributed by atoms with E-state index in [-0.39, 0.29) is 0 Å². The van der Waals surface area contributed by atoms with Gasteiger partial charge in [0.15, 0.2) is 0 Å². The summed E-state index contributed by atoms with van der Waals surface area (Å²) in [5.74, 6) is 0.608. The van der Waals surface area contributed by atoms with Crippen LogP contribution in [-0.2, 0) is 11.3 Å². The molecule has 19 heavy (non-hydrogen) atoms. The molecule has 1 N–H and O–H groups in total. The summed E-state index contributed by atoms with van der Waals surface area (Å²) in [5, 5.41) is 4.08. The number of hydrogen-bond donors (Lipinski definition) is 1. The molecule has 4 nitrogen and oxygen atoms in total. The quantitative estimate of drug-likeness (QED) is 0.708. The second-order valence-electron chi connectivity index (χ2n) is 4.69. The average Bonchev–Trinajstić information content (AvgIpc) is 3.23. The van der Waals surface area contributed by atoms with Gasteiger partial charge in [0.05, 0.1) is 17.3 Å². The van der Waals surface area contributed by atoms with Crippen molar-refractivity contribution in [3.63, 3.8) is 0 Å². The minimum Gasteiger partial charge on any atom is -0.475 e. The van der Waals surface area contributed by atoms with Crippen molar-refractivity contribution in [3.05, 3.63) is 22.8 Å². The lowest BCUT2D eigenvalue weighted by Gasteiger charge is -2.09. The number of aromatic nitrogens is 1. The third-order valence-corrected chi connectivity index (χ3v) is 3.20. The smallest absolute Gasteiger partial charge is 0.213 e. The van der Waals surface area contributed by atoms with Crippen LogP contribution >= 0.6 is 11.6 Å². The van der Waals surface area contributed by atoms with Gasteiger partial charge in [-0.3, -0.25) is 0 Å². The summed E-state index contributed by atoms with van der Waals surface area (Å²) in [6.45, 7) is 4.67. The summed E-state index contributed by atoms with van der Waals surface area (Å²) in [6, 6.07) is 4.27. The van der Waals surface area contributed by atoms with Crippen LogP contribution in [-0.4, -0.2) is 30.8 Å². The number of ether oxygens (including phenoxy) is 2. The lowest BCUT2D eigenvalue weighted by Crippen LogP contribution is -2.17. The number of nitrogens with zero attached hydrogens (tertiary/aromatic N) is 1. The molecule has 1 saturated carbocycles. The van der Waals surface area contributed by atoms with E-state index in [1.165, 1.54) is 12.8 Å². The van der Waals surface area contributed by atoms with Crippen molar-refractivity contribution in [1.29, 1.82) is 0 Å². The number of pyridine rings is 1. The van der Waals surface area contributed by atoms with E-state index in [9.17, 15) is 0 Å². The summed E-state index contributed by atoms with van der Waals surface area (Å²) in [7, 11) is 0. The van der Waals surface area contributed by atoms with Crippen molar-refractivity contribution in [1.82, 2.24) is 10.3 Å². The Morgan fingerprint density at radius 3 is 2.89 bits per heavy atom. The maximum atomic E-state index is 6.12. The number of rotatable bonds is 9. The third-order valence-electron chi connectivity index (χ3n) is 2.85. The molecule has 0 aromatic carbocycles. The molecule has 0 unspecified atom stereocenters. The van der Waals surface area contributed by atoms with Gasteiger partial charge in [0, 0.05) is 25.3 Å². The lowest BCUT2D eigenvalue weighted by atomic mass is 10.3. The zero-order valence-electron chi connectivity index (χ0n) is 11.3. The summed E-state index contributed by atoms with van der Waals surface area (Å²) in [4.78, 5) is 4.42. The Bertz CT molecular complexity index is 397. The van der Waals surface area contributed by atoms with Crippen molar-refractivity contribution >= 4 is 11.6 Å². The molecule has 1 aromatic heterocycles. The first-order chi connectivity index (χ1) is 9.29. The fraction of sp³-hybridized carbons (Fsp3) is 0.643. The topological polar surface area (TPSA) is 43.4 Å². The van der Waals surface area contributed by atoms with Crippen LogP contribution in [0, 0.1) is 0 Å². The van der Waals surface area contributed by atoms with Crippen LogP contribution in [0.3, 0.4) is 0 Å². The average molecular weight is 285 g/mol. The Kier molecular flexibility index (Phi) is 5.89. The van der Waals surface area contributed by atoms with E-state index in [4.69, 9.17) is 21.1 Å². The molecule has 0 aliphatic heterocycles. The van der Waals surface area contributed by atoms with Gasteiger partial charge in [0.1, 0.15) is 6.61 Å². The van der Waals surface area contributed by atoms with Crippen molar-refractivity contribution in [2.24, 2.45) is 0 Å². The van der Waals surface area contributed by atoms with E-state index in [1.54, 1.807) is 6.07 Å². The van der Waals surface area contributed by atoms with Gasteiger partial charge in [0.2, 0.25) is 5.88 Å². The molecule has 2 rings (SSSR count). The second kappa shape index (κ2) is 7.68. The molecule has 1 aliphatic carbocycles. The largest absolute Gasteiger partial charge is 0.475 e. The summed E-state index contributed by atoms with van der Waals surface area (Å²) < 4.78 is 10.9. The Morgan fingerprint density at radius 2 is 2.16 bits per heavy atom. The highest BCUT2D eigenvalue weighted by Gasteiger charge is 2.20. The minimum atomic E-state index is 0.518. The van der Waals surface area contributed by atoms with Crippen LogP contribution in [0.1, 0.15) is 31.9 Å². The first-order valence-electron chi connectivity index (χ1n) is 6.89. The van der Waals surface area contributed by atoms with Crippen LogP contribution in [0.2, 0.25) is 5.02 Å². The van der Waals surface area contributed by atoms with Gasteiger partial charge in [-0.1, -0.05) is 18.5 Å². The first kappa shape index (κ1) is 14.6. The van der Waals surface area contributed by atoms with Crippen molar-refractivity contribution in [2.75, 3.05) is 19.8 Å². The normalized spacial score (nSPS) is 14.6. The Hall–Kier alpha value is -0.840. The summed E-state index contributed by atoms with van der Waals surface area (Å²) >= 11 is 6.12. The zero-order chi connectivity index (χ0) is 13.5. The molecule has 1 aromatic rings. The van der Waals surface area contributed by atoms with Crippen LogP contribution in [0.15, 0.2) is 12.1 Å².